The molecule has 0 atom stereocenters. The molecular weight excluding hydrogens is 433 g/mol. The molecule has 0 radical (unpaired) electrons. The number of fused-ring (bicyclic) bond motifs is 1. The number of carbonyl (C=O) groups excluding carboxylic acids is 1. The molecule has 6 nitrogen and oxygen atoms in total. The van der Waals surface area contributed by atoms with E-state index in [9.17, 15) is 13.2 Å². The van der Waals surface area contributed by atoms with Crippen molar-refractivity contribution in [1.82, 2.24) is 14.2 Å². The summed E-state index contributed by atoms with van der Waals surface area (Å²) in [6, 6.07) is 13.5. The highest BCUT2D eigenvalue weighted by Crippen LogP contribution is 2.28. The van der Waals surface area contributed by atoms with Crippen LogP contribution in [-0.2, 0) is 10.0 Å². The fourth-order valence-corrected chi connectivity index (χ4v) is 5.56. The van der Waals surface area contributed by atoms with Gasteiger partial charge in [-0.3, -0.25) is 9.78 Å². The third-order valence-corrected chi connectivity index (χ3v) is 7.53. The Kier molecular flexibility index (Phi) is 5.48. The van der Waals surface area contributed by atoms with Crippen LogP contribution in [0.1, 0.15) is 10.4 Å². The van der Waals surface area contributed by atoms with Crippen LogP contribution in [0.4, 0.5) is 0 Å². The molecule has 4 rings (SSSR count). The van der Waals surface area contributed by atoms with Crippen molar-refractivity contribution in [1.29, 1.82) is 0 Å². The number of rotatable bonds is 3. The standard InChI is InChI=1S/C20H17Cl2N3O3S/c21-14-5-6-17(22)19(13-14)29(27,28)25-11-9-24(10-12-25)20(26)16-7-8-23-18-4-2-1-3-15(16)18/h1-8,13H,9-12H2. The molecule has 1 fully saturated rings. The monoisotopic (exact) mass is 449 g/mol. The molecule has 2 heterocycles. The number of aromatic nitrogens is 1. The highest BCUT2D eigenvalue weighted by atomic mass is 35.5. The first kappa shape index (κ1) is 20.1. The number of para-hydroxylation sites is 1. The fraction of sp³-hybridized carbons (Fsp3) is 0.200. The van der Waals surface area contributed by atoms with E-state index in [-0.39, 0.29) is 42.0 Å². The summed E-state index contributed by atoms with van der Waals surface area (Å²) in [5, 5.41) is 1.20. The van der Waals surface area contributed by atoms with Gasteiger partial charge in [0.25, 0.3) is 5.91 Å². The number of amides is 1. The smallest absolute Gasteiger partial charge is 0.254 e. The van der Waals surface area contributed by atoms with Crippen LogP contribution in [0.5, 0.6) is 0 Å². The molecule has 0 aliphatic carbocycles. The normalized spacial score (nSPS) is 15.6. The van der Waals surface area contributed by atoms with Crippen LogP contribution < -0.4 is 0 Å². The highest BCUT2D eigenvalue weighted by Gasteiger charge is 2.32. The van der Waals surface area contributed by atoms with Crippen LogP contribution in [0.25, 0.3) is 10.9 Å². The minimum absolute atomic E-state index is 0.0217. The molecule has 0 unspecified atom stereocenters. The summed E-state index contributed by atoms with van der Waals surface area (Å²) in [6.07, 6.45) is 1.61. The molecule has 1 amide bonds. The molecule has 0 saturated carbocycles. The van der Waals surface area contributed by atoms with Gasteiger partial charge in [0.15, 0.2) is 0 Å². The Morgan fingerprint density at radius 3 is 2.45 bits per heavy atom. The summed E-state index contributed by atoms with van der Waals surface area (Å²) >= 11 is 12.0. The number of hydrogen-bond donors (Lipinski definition) is 0. The number of benzene rings is 2. The van der Waals surface area contributed by atoms with Gasteiger partial charge in [0.05, 0.1) is 16.1 Å². The minimum atomic E-state index is -3.79. The Morgan fingerprint density at radius 1 is 0.966 bits per heavy atom. The van der Waals surface area contributed by atoms with Gasteiger partial charge in [-0.2, -0.15) is 4.31 Å². The number of carbonyl (C=O) groups is 1. The maximum absolute atomic E-state index is 13.0. The van der Waals surface area contributed by atoms with Crippen molar-refractivity contribution >= 4 is 50.0 Å². The van der Waals surface area contributed by atoms with Crippen LogP contribution in [0.15, 0.2) is 59.6 Å². The lowest BCUT2D eigenvalue weighted by Gasteiger charge is -2.34. The Balaban J connectivity index is 1.53. The number of pyridine rings is 1. The first-order valence-corrected chi connectivity index (χ1v) is 11.2. The molecule has 1 aromatic heterocycles. The molecule has 0 N–H and O–H groups in total. The van der Waals surface area contributed by atoms with Crippen molar-refractivity contribution in [2.24, 2.45) is 0 Å². The zero-order valence-corrected chi connectivity index (χ0v) is 17.6. The molecule has 9 heteroatoms. The summed E-state index contributed by atoms with van der Waals surface area (Å²) in [7, 11) is -3.79. The van der Waals surface area contributed by atoms with Crippen LogP contribution in [0.3, 0.4) is 0 Å². The van der Waals surface area contributed by atoms with Crippen molar-refractivity contribution in [2.45, 2.75) is 4.90 Å². The summed E-state index contributed by atoms with van der Waals surface area (Å²) in [6.45, 7) is 0.930. The van der Waals surface area contributed by atoms with E-state index >= 15 is 0 Å². The number of hydrogen-bond acceptors (Lipinski definition) is 4. The molecule has 1 aliphatic heterocycles. The summed E-state index contributed by atoms with van der Waals surface area (Å²) < 4.78 is 27.2. The average molecular weight is 450 g/mol. The topological polar surface area (TPSA) is 70.6 Å². The van der Waals surface area contributed by atoms with E-state index in [0.29, 0.717) is 10.6 Å². The van der Waals surface area contributed by atoms with Crippen LogP contribution in [-0.4, -0.2) is 54.7 Å². The lowest BCUT2D eigenvalue weighted by atomic mass is 10.1. The van der Waals surface area contributed by atoms with Crippen molar-refractivity contribution < 1.29 is 13.2 Å². The number of nitrogens with zero attached hydrogens (tertiary/aromatic N) is 3. The lowest BCUT2D eigenvalue weighted by molar-refractivity contribution is 0.0700. The van der Waals surface area contributed by atoms with Crippen molar-refractivity contribution in [3.8, 4) is 0 Å². The number of sulfonamides is 1. The number of halogens is 2. The van der Waals surface area contributed by atoms with Gasteiger partial charge >= 0.3 is 0 Å². The average Bonchev–Trinajstić information content (AvgIpc) is 2.74. The van der Waals surface area contributed by atoms with Crippen molar-refractivity contribution in [2.75, 3.05) is 26.2 Å². The van der Waals surface area contributed by atoms with Crippen LogP contribution >= 0.6 is 23.2 Å². The van der Waals surface area contributed by atoms with Crippen LogP contribution in [0, 0.1) is 0 Å². The number of piperazine rings is 1. The molecule has 3 aromatic rings. The lowest BCUT2D eigenvalue weighted by Crippen LogP contribution is -2.50. The van der Waals surface area contributed by atoms with Gasteiger partial charge in [-0.15, -0.1) is 0 Å². The van der Waals surface area contributed by atoms with Gasteiger partial charge in [-0.05, 0) is 30.3 Å². The third kappa shape index (κ3) is 3.83. The summed E-state index contributed by atoms with van der Waals surface area (Å²) in [5.74, 6) is -0.138. The second-order valence-corrected chi connectivity index (χ2v) is 9.40. The Labute approximate surface area is 178 Å². The van der Waals surface area contributed by atoms with Gasteiger partial charge in [-0.25, -0.2) is 8.42 Å². The maximum Gasteiger partial charge on any atom is 0.254 e. The van der Waals surface area contributed by atoms with Gasteiger partial charge < -0.3 is 4.90 Å². The van der Waals surface area contributed by atoms with E-state index in [4.69, 9.17) is 23.2 Å². The molecular formula is C20H17Cl2N3O3S. The van der Waals surface area contributed by atoms with E-state index in [1.807, 2.05) is 24.3 Å². The molecule has 0 bridgehead atoms. The van der Waals surface area contributed by atoms with E-state index in [1.54, 1.807) is 23.2 Å². The van der Waals surface area contributed by atoms with Crippen molar-refractivity contribution in [3.05, 3.63) is 70.3 Å². The van der Waals surface area contributed by atoms with E-state index < -0.39 is 10.0 Å². The highest BCUT2D eigenvalue weighted by molar-refractivity contribution is 7.89. The first-order chi connectivity index (χ1) is 13.9. The fourth-order valence-electron chi connectivity index (χ4n) is 3.40. The maximum atomic E-state index is 13.0. The Morgan fingerprint density at radius 2 is 1.69 bits per heavy atom. The predicted molar refractivity (Wildman–Crippen MR) is 113 cm³/mol. The van der Waals surface area contributed by atoms with Crippen LogP contribution in [0.2, 0.25) is 10.0 Å². The molecule has 150 valence electrons. The largest absolute Gasteiger partial charge is 0.336 e. The second kappa shape index (κ2) is 7.91. The van der Waals surface area contributed by atoms with Gasteiger partial charge in [0.1, 0.15) is 4.90 Å². The van der Waals surface area contributed by atoms with Gasteiger partial charge in [-0.1, -0.05) is 41.4 Å². The Hall–Kier alpha value is -2.19. The quantitative estimate of drug-likeness (QED) is 0.611. The Bertz CT molecular complexity index is 1190. The van der Waals surface area contributed by atoms with Gasteiger partial charge in [0.2, 0.25) is 10.0 Å². The summed E-state index contributed by atoms with van der Waals surface area (Å²) in [4.78, 5) is 18.9. The molecule has 29 heavy (non-hydrogen) atoms. The van der Waals surface area contributed by atoms with E-state index in [2.05, 4.69) is 4.98 Å². The van der Waals surface area contributed by atoms with Gasteiger partial charge in [0, 0.05) is 42.8 Å². The summed E-state index contributed by atoms with van der Waals surface area (Å²) in [5.41, 5.74) is 1.31. The molecule has 1 saturated heterocycles. The molecule has 1 aliphatic rings. The first-order valence-electron chi connectivity index (χ1n) is 8.96. The minimum Gasteiger partial charge on any atom is -0.336 e. The SMILES string of the molecule is O=C(c1ccnc2ccccc12)N1CCN(S(=O)(=O)c2cc(Cl)ccc2Cl)CC1. The zero-order valence-electron chi connectivity index (χ0n) is 15.3. The molecule has 0 spiro atoms. The second-order valence-electron chi connectivity index (χ2n) is 6.65. The zero-order chi connectivity index (χ0) is 20.6. The van der Waals surface area contributed by atoms with E-state index in [1.165, 1.54) is 16.4 Å². The van der Waals surface area contributed by atoms with Crippen molar-refractivity contribution in [3.63, 3.8) is 0 Å². The molecule has 2 aromatic carbocycles. The van der Waals surface area contributed by atoms with E-state index in [0.717, 1.165) is 10.9 Å². The predicted octanol–water partition coefficient (Wildman–Crippen LogP) is 3.69. The third-order valence-electron chi connectivity index (χ3n) is 4.92.